The third kappa shape index (κ3) is 4.95. The van der Waals surface area contributed by atoms with E-state index in [1.165, 1.54) is 4.90 Å². The number of ether oxygens (including phenoxy) is 1. The molecule has 2 fully saturated rings. The summed E-state index contributed by atoms with van der Waals surface area (Å²) in [7, 11) is 1.62. The van der Waals surface area contributed by atoms with Crippen molar-refractivity contribution in [2.45, 2.75) is 31.7 Å². The van der Waals surface area contributed by atoms with E-state index in [1.807, 2.05) is 59.7 Å². The number of likely N-dealkylation sites (tertiary alicyclic amines) is 1. The Morgan fingerprint density at radius 3 is 2.58 bits per heavy atom. The fourth-order valence-corrected chi connectivity index (χ4v) is 5.17. The van der Waals surface area contributed by atoms with Crippen LogP contribution in [0, 0.1) is 5.92 Å². The first-order valence-corrected chi connectivity index (χ1v) is 12.1. The predicted octanol–water partition coefficient (Wildman–Crippen LogP) is 3.56. The summed E-state index contributed by atoms with van der Waals surface area (Å²) in [4.78, 5) is 42.6. The topological polar surface area (TPSA) is 79.0 Å². The monoisotopic (exact) mass is 467 g/mol. The first-order chi connectivity index (χ1) is 15.9. The van der Waals surface area contributed by atoms with Crippen LogP contribution in [0.2, 0.25) is 0 Å². The van der Waals surface area contributed by atoms with Crippen molar-refractivity contribution >= 4 is 35.3 Å². The molecule has 0 saturated carbocycles. The van der Waals surface area contributed by atoms with Crippen LogP contribution in [-0.2, 0) is 16.0 Å². The largest absolute Gasteiger partial charge is 0.497 e. The van der Waals surface area contributed by atoms with Gasteiger partial charge in [-0.05, 0) is 67.3 Å². The highest BCUT2D eigenvalue weighted by molar-refractivity contribution is 7.10. The van der Waals surface area contributed by atoms with Crippen molar-refractivity contribution in [1.29, 1.82) is 0 Å². The number of methoxy groups -OCH3 is 1. The van der Waals surface area contributed by atoms with Gasteiger partial charge in [-0.1, -0.05) is 18.2 Å². The minimum absolute atomic E-state index is 0.00902. The fraction of sp³-hybridized carbons (Fsp3) is 0.400. The van der Waals surface area contributed by atoms with Crippen LogP contribution in [0.1, 0.15) is 30.2 Å². The van der Waals surface area contributed by atoms with E-state index in [2.05, 4.69) is 5.32 Å². The molecule has 33 heavy (non-hydrogen) atoms. The lowest BCUT2D eigenvalue weighted by molar-refractivity contribution is -0.134. The van der Waals surface area contributed by atoms with Gasteiger partial charge in [-0.15, -0.1) is 11.3 Å². The number of urea groups is 1. The van der Waals surface area contributed by atoms with Gasteiger partial charge in [0.25, 0.3) is 5.91 Å². The van der Waals surface area contributed by atoms with Gasteiger partial charge in [0.2, 0.25) is 5.91 Å². The molecule has 7 nitrogen and oxygen atoms in total. The Bertz CT molecular complexity index is 1030. The van der Waals surface area contributed by atoms with Crippen molar-refractivity contribution in [1.82, 2.24) is 15.1 Å². The number of nitrogens with one attached hydrogen (secondary N) is 1. The highest BCUT2D eigenvalue weighted by atomic mass is 32.1. The molecule has 2 saturated heterocycles. The summed E-state index contributed by atoms with van der Waals surface area (Å²) in [6.07, 6.45) is 5.38. The number of amides is 4. The summed E-state index contributed by atoms with van der Waals surface area (Å²) in [6.45, 7) is 3.29. The Morgan fingerprint density at radius 2 is 1.94 bits per heavy atom. The Kier molecular flexibility index (Phi) is 6.83. The average molecular weight is 468 g/mol. The number of thiophene rings is 1. The number of piperidine rings is 1. The molecule has 4 rings (SSSR count). The maximum absolute atomic E-state index is 13.2. The third-order valence-electron chi connectivity index (χ3n) is 6.64. The summed E-state index contributed by atoms with van der Waals surface area (Å²) in [6, 6.07) is 11.2. The molecule has 1 N–H and O–H groups in total. The van der Waals surface area contributed by atoms with Gasteiger partial charge >= 0.3 is 6.03 Å². The molecule has 0 bridgehead atoms. The first-order valence-electron chi connectivity index (χ1n) is 11.2. The van der Waals surface area contributed by atoms with Gasteiger partial charge in [0.1, 0.15) is 11.3 Å². The lowest BCUT2D eigenvalue weighted by Crippen LogP contribution is -2.54. The zero-order valence-electron chi connectivity index (χ0n) is 19.0. The lowest BCUT2D eigenvalue weighted by Gasteiger charge is -2.38. The Balaban J connectivity index is 1.32. The van der Waals surface area contributed by atoms with Crippen LogP contribution in [0.3, 0.4) is 0 Å². The number of carbonyl (C=O) groups excluding carboxylic acids is 3. The molecule has 2 aliphatic rings. The predicted molar refractivity (Wildman–Crippen MR) is 128 cm³/mol. The molecule has 2 aliphatic heterocycles. The summed E-state index contributed by atoms with van der Waals surface area (Å²) >= 11 is 1.59. The van der Waals surface area contributed by atoms with Crippen LogP contribution < -0.4 is 10.1 Å². The highest BCUT2D eigenvalue weighted by Gasteiger charge is 2.52. The van der Waals surface area contributed by atoms with Crippen molar-refractivity contribution < 1.29 is 19.1 Å². The molecule has 4 amide bonds. The van der Waals surface area contributed by atoms with Crippen LogP contribution >= 0.6 is 11.3 Å². The minimum Gasteiger partial charge on any atom is -0.497 e. The van der Waals surface area contributed by atoms with Gasteiger partial charge in [-0.3, -0.25) is 14.5 Å². The maximum atomic E-state index is 13.2. The number of nitrogens with zero attached hydrogens (tertiary/aromatic N) is 2. The number of carbonyl (C=O) groups is 3. The van der Waals surface area contributed by atoms with Crippen molar-refractivity contribution in [3.05, 3.63) is 58.3 Å². The van der Waals surface area contributed by atoms with Gasteiger partial charge in [0, 0.05) is 30.6 Å². The van der Waals surface area contributed by atoms with E-state index >= 15 is 0 Å². The van der Waals surface area contributed by atoms with E-state index in [0.29, 0.717) is 38.9 Å². The second kappa shape index (κ2) is 9.79. The number of hydrogen-bond acceptors (Lipinski definition) is 5. The van der Waals surface area contributed by atoms with E-state index in [-0.39, 0.29) is 23.8 Å². The second-order valence-corrected chi connectivity index (χ2v) is 9.61. The van der Waals surface area contributed by atoms with Gasteiger partial charge in [-0.2, -0.15) is 0 Å². The first kappa shape index (κ1) is 23.0. The van der Waals surface area contributed by atoms with Gasteiger partial charge in [-0.25, -0.2) is 4.79 Å². The normalized spacial score (nSPS) is 21.6. The molecule has 0 aliphatic carbocycles. The average Bonchev–Trinajstić information content (AvgIpc) is 3.43. The Morgan fingerprint density at radius 1 is 1.21 bits per heavy atom. The van der Waals surface area contributed by atoms with E-state index in [1.54, 1.807) is 24.5 Å². The molecular formula is C25H29N3O4S. The van der Waals surface area contributed by atoms with E-state index in [4.69, 9.17) is 4.74 Å². The maximum Gasteiger partial charge on any atom is 0.325 e. The fourth-order valence-electron chi connectivity index (χ4n) is 4.55. The van der Waals surface area contributed by atoms with Crippen LogP contribution in [0.4, 0.5) is 4.79 Å². The van der Waals surface area contributed by atoms with Gasteiger partial charge in [0.05, 0.1) is 7.11 Å². The molecule has 0 radical (unpaired) electrons. The van der Waals surface area contributed by atoms with Crippen molar-refractivity contribution in [3.8, 4) is 5.75 Å². The summed E-state index contributed by atoms with van der Waals surface area (Å²) in [5.74, 6) is 0.566. The van der Waals surface area contributed by atoms with Crippen molar-refractivity contribution in [3.63, 3.8) is 0 Å². The number of rotatable bonds is 7. The quantitative estimate of drug-likeness (QED) is 0.499. The number of imide groups is 1. The zero-order chi connectivity index (χ0) is 23.4. The second-order valence-electron chi connectivity index (χ2n) is 8.64. The highest BCUT2D eigenvalue weighted by Crippen LogP contribution is 2.33. The van der Waals surface area contributed by atoms with Crippen LogP contribution in [0.15, 0.2) is 47.9 Å². The Hall–Kier alpha value is -3.13. The summed E-state index contributed by atoms with van der Waals surface area (Å²) in [5, 5.41) is 4.92. The van der Waals surface area contributed by atoms with Crippen LogP contribution in [0.5, 0.6) is 5.75 Å². The lowest BCUT2D eigenvalue weighted by atomic mass is 9.79. The standard InChI is InChI=1S/C25H29N3O4S/c1-25(19-12-14-27(15-13-19)22(29)10-9-21-4-3-17-33-21)23(30)28(24(31)26-25)16-11-18-5-7-20(32-2)8-6-18/h3-10,17,19H,11-16H2,1-2H3,(H,26,31)/b10-9+. The molecule has 2 aromatic rings. The third-order valence-corrected chi connectivity index (χ3v) is 7.48. The molecule has 1 unspecified atom stereocenters. The molecule has 1 aromatic carbocycles. The molecule has 1 atom stereocenters. The summed E-state index contributed by atoms with van der Waals surface area (Å²) < 4.78 is 5.17. The van der Waals surface area contributed by atoms with Crippen molar-refractivity contribution in [2.75, 3.05) is 26.7 Å². The van der Waals surface area contributed by atoms with E-state index in [9.17, 15) is 14.4 Å². The number of hydrogen-bond donors (Lipinski definition) is 1. The smallest absolute Gasteiger partial charge is 0.325 e. The SMILES string of the molecule is COc1ccc(CCN2C(=O)NC(C)(C3CCN(C(=O)/C=C/c4cccs4)CC3)C2=O)cc1. The zero-order valence-corrected chi connectivity index (χ0v) is 19.8. The molecule has 8 heteroatoms. The molecular weight excluding hydrogens is 438 g/mol. The Labute approximate surface area is 198 Å². The molecule has 1 aromatic heterocycles. The van der Waals surface area contributed by atoms with Gasteiger partial charge in [0.15, 0.2) is 0 Å². The summed E-state index contributed by atoms with van der Waals surface area (Å²) in [5.41, 5.74) is 0.103. The van der Waals surface area contributed by atoms with Crippen LogP contribution in [-0.4, -0.2) is 59.9 Å². The van der Waals surface area contributed by atoms with Crippen LogP contribution in [0.25, 0.3) is 6.08 Å². The molecule has 3 heterocycles. The van der Waals surface area contributed by atoms with E-state index < -0.39 is 5.54 Å². The minimum atomic E-state index is -0.932. The van der Waals surface area contributed by atoms with Crippen molar-refractivity contribution in [2.24, 2.45) is 5.92 Å². The number of benzene rings is 1. The van der Waals surface area contributed by atoms with Gasteiger partial charge < -0.3 is 15.0 Å². The van der Waals surface area contributed by atoms with E-state index in [0.717, 1.165) is 16.2 Å². The molecule has 174 valence electrons. The molecule has 0 spiro atoms.